The van der Waals surface area contributed by atoms with Crippen molar-refractivity contribution in [3.63, 3.8) is 0 Å². The van der Waals surface area contributed by atoms with Gasteiger partial charge in [-0.05, 0) is 44.5 Å². The van der Waals surface area contributed by atoms with Crippen molar-refractivity contribution >= 4 is 0 Å². The zero-order chi connectivity index (χ0) is 9.86. The number of nitrogens with zero attached hydrogens (tertiary/aromatic N) is 1. The average Bonchev–Trinajstić information content (AvgIpc) is 2.55. The van der Waals surface area contributed by atoms with E-state index in [1.165, 1.54) is 0 Å². The van der Waals surface area contributed by atoms with Crippen molar-refractivity contribution in [3.05, 3.63) is 24.5 Å². The third-order valence-corrected chi connectivity index (χ3v) is 2.91. The van der Waals surface area contributed by atoms with Crippen LogP contribution >= 0.6 is 0 Å². The molecule has 3 heteroatoms. The summed E-state index contributed by atoms with van der Waals surface area (Å²) in [7, 11) is 0. The minimum atomic E-state index is -0.511. The van der Waals surface area contributed by atoms with E-state index in [0.717, 1.165) is 38.9 Å². The van der Waals surface area contributed by atoms with Crippen LogP contribution in [-0.4, -0.2) is 28.4 Å². The van der Waals surface area contributed by atoms with Crippen LogP contribution < -0.4 is 5.32 Å². The third-order valence-electron chi connectivity index (χ3n) is 2.91. The maximum atomic E-state index is 10.4. The van der Waals surface area contributed by atoms with E-state index in [4.69, 9.17) is 0 Å². The molecule has 0 aromatic carbocycles. The van der Waals surface area contributed by atoms with E-state index in [9.17, 15) is 5.11 Å². The number of aromatic nitrogens is 1. The van der Waals surface area contributed by atoms with Gasteiger partial charge < -0.3 is 15.0 Å². The maximum Gasteiger partial charge on any atom is 0.0838 e. The molecule has 2 rings (SSSR count). The molecule has 1 aliphatic heterocycles. The van der Waals surface area contributed by atoms with Gasteiger partial charge in [0, 0.05) is 12.4 Å². The maximum absolute atomic E-state index is 10.4. The first-order valence-corrected chi connectivity index (χ1v) is 5.32. The zero-order valence-corrected chi connectivity index (χ0v) is 8.45. The molecule has 14 heavy (non-hydrogen) atoms. The standard InChI is InChI=1S/C11H18N2O/c14-11(4-3-6-12-7-5-11)10-13-8-1-2-9-13/h1-2,8-9,12,14H,3-7,10H2. The molecular formula is C11H18N2O. The van der Waals surface area contributed by atoms with Crippen LogP contribution in [0.3, 0.4) is 0 Å². The van der Waals surface area contributed by atoms with Gasteiger partial charge >= 0.3 is 0 Å². The molecule has 2 N–H and O–H groups in total. The number of nitrogens with one attached hydrogen (secondary N) is 1. The first kappa shape index (κ1) is 9.74. The molecule has 1 saturated heterocycles. The van der Waals surface area contributed by atoms with Crippen molar-refractivity contribution in [2.24, 2.45) is 0 Å². The summed E-state index contributed by atoms with van der Waals surface area (Å²) in [5.41, 5.74) is -0.511. The highest BCUT2D eigenvalue weighted by atomic mass is 16.3. The Morgan fingerprint density at radius 3 is 2.79 bits per heavy atom. The molecule has 0 bridgehead atoms. The number of aliphatic hydroxyl groups is 1. The molecule has 2 heterocycles. The highest BCUT2D eigenvalue weighted by Crippen LogP contribution is 2.21. The van der Waals surface area contributed by atoms with E-state index in [1.807, 2.05) is 24.5 Å². The van der Waals surface area contributed by atoms with Gasteiger partial charge in [0.15, 0.2) is 0 Å². The smallest absolute Gasteiger partial charge is 0.0838 e. The molecule has 1 aromatic rings. The Kier molecular flexibility index (Phi) is 2.89. The van der Waals surface area contributed by atoms with Crippen molar-refractivity contribution in [1.29, 1.82) is 0 Å². The van der Waals surface area contributed by atoms with E-state index in [2.05, 4.69) is 9.88 Å². The number of hydrogen-bond acceptors (Lipinski definition) is 2. The quantitative estimate of drug-likeness (QED) is 0.737. The Balaban J connectivity index is 1.99. The fourth-order valence-electron chi connectivity index (χ4n) is 2.09. The van der Waals surface area contributed by atoms with Crippen LogP contribution in [0.5, 0.6) is 0 Å². The van der Waals surface area contributed by atoms with Crippen molar-refractivity contribution in [1.82, 2.24) is 9.88 Å². The Bertz CT molecular complexity index is 261. The minimum Gasteiger partial charge on any atom is -0.388 e. The second-order valence-electron chi connectivity index (χ2n) is 4.18. The fraction of sp³-hybridized carbons (Fsp3) is 0.636. The monoisotopic (exact) mass is 194 g/mol. The van der Waals surface area contributed by atoms with Gasteiger partial charge in [-0.1, -0.05) is 0 Å². The summed E-state index contributed by atoms with van der Waals surface area (Å²) in [4.78, 5) is 0. The number of hydrogen-bond donors (Lipinski definition) is 2. The molecule has 3 nitrogen and oxygen atoms in total. The first-order valence-electron chi connectivity index (χ1n) is 5.32. The molecule has 1 aliphatic rings. The van der Waals surface area contributed by atoms with Crippen molar-refractivity contribution in [3.8, 4) is 0 Å². The predicted molar refractivity (Wildman–Crippen MR) is 56.1 cm³/mol. The Morgan fingerprint density at radius 2 is 2.00 bits per heavy atom. The lowest BCUT2D eigenvalue weighted by Gasteiger charge is -2.26. The molecule has 0 amide bonds. The van der Waals surface area contributed by atoms with Gasteiger partial charge in [-0.25, -0.2) is 0 Å². The lowest BCUT2D eigenvalue weighted by atomic mass is 9.95. The minimum absolute atomic E-state index is 0.511. The Labute approximate surface area is 84.7 Å². The van der Waals surface area contributed by atoms with Crippen molar-refractivity contribution in [2.45, 2.75) is 31.4 Å². The SMILES string of the molecule is OC1(Cn2cccc2)CCCNCC1. The van der Waals surface area contributed by atoms with Gasteiger partial charge in [0.25, 0.3) is 0 Å². The van der Waals surface area contributed by atoms with Crippen LogP contribution in [0.15, 0.2) is 24.5 Å². The Hall–Kier alpha value is -0.800. The molecule has 1 atom stereocenters. The second kappa shape index (κ2) is 4.15. The third kappa shape index (κ3) is 2.36. The average molecular weight is 194 g/mol. The summed E-state index contributed by atoms with van der Waals surface area (Å²) in [5, 5.41) is 13.7. The summed E-state index contributed by atoms with van der Waals surface area (Å²) in [6.07, 6.45) is 6.84. The predicted octanol–water partition coefficient (Wildman–Crippen LogP) is 0.993. The van der Waals surface area contributed by atoms with Crippen molar-refractivity contribution in [2.75, 3.05) is 13.1 Å². The van der Waals surface area contributed by atoms with Gasteiger partial charge in [-0.2, -0.15) is 0 Å². The lowest BCUT2D eigenvalue weighted by Crippen LogP contribution is -2.34. The summed E-state index contributed by atoms with van der Waals surface area (Å²) in [6, 6.07) is 4.00. The van der Waals surface area contributed by atoms with Gasteiger partial charge in [-0.15, -0.1) is 0 Å². The number of rotatable bonds is 2. The van der Waals surface area contributed by atoms with Crippen molar-refractivity contribution < 1.29 is 5.11 Å². The molecule has 1 unspecified atom stereocenters. The molecular weight excluding hydrogens is 176 g/mol. The summed E-state index contributed by atoms with van der Waals surface area (Å²) >= 11 is 0. The summed E-state index contributed by atoms with van der Waals surface area (Å²) in [5.74, 6) is 0. The van der Waals surface area contributed by atoms with E-state index in [-0.39, 0.29) is 0 Å². The van der Waals surface area contributed by atoms with Crippen LogP contribution in [0.25, 0.3) is 0 Å². The largest absolute Gasteiger partial charge is 0.388 e. The van der Waals surface area contributed by atoms with Crippen LogP contribution in [0, 0.1) is 0 Å². The van der Waals surface area contributed by atoms with Crippen LogP contribution in [0.4, 0.5) is 0 Å². The van der Waals surface area contributed by atoms with E-state index in [0.29, 0.717) is 0 Å². The zero-order valence-electron chi connectivity index (χ0n) is 8.45. The summed E-state index contributed by atoms with van der Waals surface area (Å²) in [6.45, 7) is 2.69. The van der Waals surface area contributed by atoms with Gasteiger partial charge in [0.05, 0.1) is 12.1 Å². The van der Waals surface area contributed by atoms with Gasteiger partial charge in [-0.3, -0.25) is 0 Å². The van der Waals surface area contributed by atoms with E-state index < -0.39 is 5.60 Å². The van der Waals surface area contributed by atoms with E-state index in [1.54, 1.807) is 0 Å². The highest BCUT2D eigenvalue weighted by Gasteiger charge is 2.27. The highest BCUT2D eigenvalue weighted by molar-refractivity contribution is 4.93. The Morgan fingerprint density at radius 1 is 1.21 bits per heavy atom. The molecule has 1 aromatic heterocycles. The summed E-state index contributed by atoms with van der Waals surface area (Å²) < 4.78 is 2.06. The van der Waals surface area contributed by atoms with Gasteiger partial charge in [0.1, 0.15) is 0 Å². The molecule has 0 spiro atoms. The normalized spacial score (nSPS) is 28.6. The molecule has 1 fully saturated rings. The molecule has 0 radical (unpaired) electrons. The topological polar surface area (TPSA) is 37.2 Å². The first-order chi connectivity index (χ1) is 6.79. The lowest BCUT2D eigenvalue weighted by molar-refractivity contribution is 0.0112. The fourth-order valence-corrected chi connectivity index (χ4v) is 2.09. The van der Waals surface area contributed by atoms with Crippen LogP contribution in [0.2, 0.25) is 0 Å². The van der Waals surface area contributed by atoms with Crippen LogP contribution in [-0.2, 0) is 6.54 Å². The second-order valence-corrected chi connectivity index (χ2v) is 4.18. The van der Waals surface area contributed by atoms with Crippen LogP contribution in [0.1, 0.15) is 19.3 Å². The van der Waals surface area contributed by atoms with E-state index >= 15 is 0 Å². The molecule has 0 aliphatic carbocycles. The van der Waals surface area contributed by atoms with Gasteiger partial charge in [0.2, 0.25) is 0 Å². The molecule has 0 saturated carbocycles. The molecule has 78 valence electrons.